The van der Waals surface area contributed by atoms with Gasteiger partial charge in [-0.25, -0.2) is 9.59 Å². The van der Waals surface area contributed by atoms with Crippen LogP contribution < -0.4 is 5.32 Å². The van der Waals surface area contributed by atoms with E-state index in [0.29, 0.717) is 32.4 Å². The van der Waals surface area contributed by atoms with Crippen molar-refractivity contribution >= 4 is 18.0 Å². The number of nitrogens with one attached hydrogen (secondary N) is 1. The highest BCUT2D eigenvalue weighted by Crippen LogP contribution is 2.44. The Hall–Kier alpha value is -3.39. The molecule has 0 bridgehead atoms. The number of hydrogen-bond donors (Lipinski definition) is 2. The zero-order chi connectivity index (χ0) is 25.2. The summed E-state index contributed by atoms with van der Waals surface area (Å²) in [6, 6.07) is 15.3. The van der Waals surface area contributed by atoms with Crippen molar-refractivity contribution in [3.05, 3.63) is 59.7 Å². The predicted molar refractivity (Wildman–Crippen MR) is 132 cm³/mol. The molecule has 2 amide bonds. The third-order valence-corrected chi connectivity index (χ3v) is 7.17. The van der Waals surface area contributed by atoms with Gasteiger partial charge in [0.05, 0.1) is 0 Å². The van der Waals surface area contributed by atoms with Crippen molar-refractivity contribution in [1.29, 1.82) is 0 Å². The Morgan fingerprint density at radius 2 is 1.71 bits per heavy atom. The van der Waals surface area contributed by atoms with E-state index < -0.39 is 23.6 Å². The maximum absolute atomic E-state index is 13.4. The van der Waals surface area contributed by atoms with Gasteiger partial charge in [-0.3, -0.25) is 4.79 Å². The molecule has 1 aliphatic heterocycles. The monoisotopic (exact) mass is 479 g/mol. The van der Waals surface area contributed by atoms with Crippen LogP contribution in [0.25, 0.3) is 11.1 Å². The van der Waals surface area contributed by atoms with Gasteiger partial charge in [-0.1, -0.05) is 48.5 Å². The molecule has 8 heteroatoms. The van der Waals surface area contributed by atoms with Crippen molar-refractivity contribution in [3.63, 3.8) is 0 Å². The molecular formula is C27H33N3O5. The van der Waals surface area contributed by atoms with Crippen molar-refractivity contribution < 1.29 is 24.2 Å². The molecule has 0 saturated carbocycles. The summed E-state index contributed by atoms with van der Waals surface area (Å²) in [5.74, 6) is -1.50. The first-order valence-corrected chi connectivity index (χ1v) is 12.0. The van der Waals surface area contributed by atoms with Gasteiger partial charge < -0.3 is 25.0 Å². The number of carboxylic acids is 1. The average molecular weight is 480 g/mol. The SMILES string of the molecule is CN(C)CCC(NC(=O)OCC1c2ccccc2-c2ccccc21)C(=O)N1CCC[C@]1(C)C(=O)O. The summed E-state index contributed by atoms with van der Waals surface area (Å²) in [5, 5.41) is 12.5. The fourth-order valence-corrected chi connectivity index (χ4v) is 5.15. The van der Waals surface area contributed by atoms with Gasteiger partial charge in [-0.15, -0.1) is 0 Å². The number of amides is 2. The van der Waals surface area contributed by atoms with Gasteiger partial charge in [0, 0.05) is 12.5 Å². The maximum atomic E-state index is 13.4. The minimum atomic E-state index is -1.27. The third-order valence-electron chi connectivity index (χ3n) is 7.17. The lowest BCUT2D eigenvalue weighted by Gasteiger charge is -2.34. The highest BCUT2D eigenvalue weighted by Gasteiger charge is 2.47. The lowest BCUT2D eigenvalue weighted by atomic mass is 9.98. The van der Waals surface area contributed by atoms with E-state index >= 15 is 0 Å². The van der Waals surface area contributed by atoms with E-state index in [1.165, 1.54) is 4.90 Å². The standard InChI is InChI=1S/C27H33N3O5/c1-27(25(32)33)14-8-15-30(27)24(31)23(13-16-29(2)3)28-26(34)35-17-22-20-11-6-4-9-18(20)19-10-5-7-12-21(19)22/h4-7,9-12,22-23H,8,13-17H2,1-3H3,(H,28,34)(H,32,33)/t23?,27-/m1/s1. The Kier molecular flexibility index (Phi) is 7.12. The molecule has 2 N–H and O–H groups in total. The first-order chi connectivity index (χ1) is 16.7. The molecular weight excluding hydrogens is 446 g/mol. The molecule has 0 radical (unpaired) electrons. The topological polar surface area (TPSA) is 99.2 Å². The van der Waals surface area contributed by atoms with E-state index in [4.69, 9.17) is 4.74 Å². The number of ether oxygens (including phenoxy) is 1. The van der Waals surface area contributed by atoms with Crippen LogP contribution >= 0.6 is 0 Å². The summed E-state index contributed by atoms with van der Waals surface area (Å²) in [4.78, 5) is 41.4. The highest BCUT2D eigenvalue weighted by atomic mass is 16.5. The molecule has 2 aromatic carbocycles. The number of carboxylic acid groups (broad SMARTS) is 1. The van der Waals surface area contributed by atoms with Crippen molar-refractivity contribution in [2.45, 2.75) is 43.7 Å². The Morgan fingerprint density at radius 1 is 1.11 bits per heavy atom. The summed E-state index contributed by atoms with van der Waals surface area (Å²) >= 11 is 0. The Labute approximate surface area is 205 Å². The number of alkyl carbamates (subject to hydrolysis) is 1. The van der Waals surface area contributed by atoms with Crippen molar-refractivity contribution in [2.75, 3.05) is 33.8 Å². The molecule has 1 aliphatic carbocycles. The number of likely N-dealkylation sites (tertiary alicyclic amines) is 1. The number of aliphatic carboxylic acids is 1. The zero-order valence-corrected chi connectivity index (χ0v) is 20.5. The van der Waals surface area contributed by atoms with Gasteiger partial charge in [0.2, 0.25) is 5.91 Å². The molecule has 2 aliphatic rings. The van der Waals surface area contributed by atoms with Crippen LogP contribution in [0.3, 0.4) is 0 Å². The van der Waals surface area contributed by atoms with Gasteiger partial charge in [0.15, 0.2) is 0 Å². The molecule has 1 saturated heterocycles. The molecule has 1 fully saturated rings. The van der Waals surface area contributed by atoms with Crippen LogP contribution in [0.2, 0.25) is 0 Å². The molecule has 4 rings (SSSR count). The van der Waals surface area contributed by atoms with Crippen molar-refractivity contribution in [1.82, 2.24) is 15.1 Å². The van der Waals surface area contributed by atoms with Crippen LogP contribution in [0.1, 0.15) is 43.2 Å². The second kappa shape index (κ2) is 10.1. The Balaban J connectivity index is 1.46. The number of hydrogen-bond acceptors (Lipinski definition) is 5. The Morgan fingerprint density at radius 3 is 2.29 bits per heavy atom. The summed E-state index contributed by atoms with van der Waals surface area (Å²) < 4.78 is 5.64. The molecule has 2 atom stereocenters. The van der Waals surface area contributed by atoms with Crippen molar-refractivity contribution in [2.24, 2.45) is 0 Å². The molecule has 8 nitrogen and oxygen atoms in total. The molecule has 1 unspecified atom stereocenters. The Bertz CT molecular complexity index is 1070. The first kappa shape index (κ1) is 24.7. The van der Waals surface area contributed by atoms with Crippen LogP contribution in [0.4, 0.5) is 4.79 Å². The maximum Gasteiger partial charge on any atom is 0.407 e. The number of carbonyl (C=O) groups excluding carboxylic acids is 2. The zero-order valence-electron chi connectivity index (χ0n) is 20.5. The molecule has 1 heterocycles. The predicted octanol–water partition coefficient (Wildman–Crippen LogP) is 3.31. The summed E-state index contributed by atoms with van der Waals surface area (Å²) in [6.07, 6.45) is 0.668. The molecule has 0 aromatic heterocycles. The number of carbonyl (C=O) groups is 3. The smallest absolute Gasteiger partial charge is 0.407 e. The van der Waals surface area contributed by atoms with Crippen LogP contribution in [0.15, 0.2) is 48.5 Å². The second-order valence-corrected chi connectivity index (χ2v) is 9.79. The molecule has 35 heavy (non-hydrogen) atoms. The van der Waals surface area contributed by atoms with E-state index in [1.54, 1.807) is 6.92 Å². The van der Waals surface area contributed by atoms with E-state index in [-0.39, 0.29) is 18.4 Å². The van der Waals surface area contributed by atoms with E-state index in [1.807, 2.05) is 55.4 Å². The first-order valence-electron chi connectivity index (χ1n) is 12.0. The number of rotatable bonds is 8. The number of nitrogens with zero attached hydrogens (tertiary/aromatic N) is 2. The van der Waals surface area contributed by atoms with Gasteiger partial charge in [-0.05, 0) is 69.1 Å². The largest absolute Gasteiger partial charge is 0.480 e. The van der Waals surface area contributed by atoms with E-state index in [0.717, 1.165) is 22.3 Å². The van der Waals surface area contributed by atoms with Gasteiger partial charge in [-0.2, -0.15) is 0 Å². The quantitative estimate of drug-likeness (QED) is 0.603. The summed E-state index contributed by atoms with van der Waals surface area (Å²) in [5.41, 5.74) is 3.22. The van der Waals surface area contributed by atoms with E-state index in [2.05, 4.69) is 17.4 Å². The third kappa shape index (κ3) is 4.89. The normalized spacial score (nSPS) is 19.8. The van der Waals surface area contributed by atoms with Gasteiger partial charge >= 0.3 is 12.1 Å². The van der Waals surface area contributed by atoms with Gasteiger partial charge in [0.25, 0.3) is 0 Å². The molecule has 2 aromatic rings. The lowest BCUT2D eigenvalue weighted by molar-refractivity contribution is -0.156. The fraction of sp³-hybridized carbons (Fsp3) is 0.444. The second-order valence-electron chi connectivity index (χ2n) is 9.79. The van der Waals surface area contributed by atoms with Crippen LogP contribution in [0.5, 0.6) is 0 Å². The summed E-state index contributed by atoms with van der Waals surface area (Å²) in [6.45, 7) is 2.62. The van der Waals surface area contributed by atoms with Crippen molar-refractivity contribution in [3.8, 4) is 11.1 Å². The average Bonchev–Trinajstić information content (AvgIpc) is 3.39. The molecule has 0 spiro atoms. The fourth-order valence-electron chi connectivity index (χ4n) is 5.15. The lowest BCUT2D eigenvalue weighted by Crippen LogP contribution is -2.57. The number of fused-ring (bicyclic) bond motifs is 3. The number of benzene rings is 2. The van der Waals surface area contributed by atoms with Crippen LogP contribution in [-0.4, -0.2) is 78.2 Å². The van der Waals surface area contributed by atoms with Gasteiger partial charge in [0.1, 0.15) is 18.2 Å². The minimum absolute atomic E-state index is 0.0852. The summed E-state index contributed by atoms with van der Waals surface area (Å²) in [7, 11) is 3.76. The van der Waals surface area contributed by atoms with E-state index in [9.17, 15) is 19.5 Å². The minimum Gasteiger partial charge on any atom is -0.480 e. The molecule has 186 valence electrons. The van der Waals surface area contributed by atoms with Crippen LogP contribution in [0, 0.1) is 0 Å². The highest BCUT2D eigenvalue weighted by molar-refractivity contribution is 5.91. The van der Waals surface area contributed by atoms with Crippen LogP contribution in [-0.2, 0) is 14.3 Å².